The first kappa shape index (κ1) is 9.33. The summed E-state index contributed by atoms with van der Waals surface area (Å²) in [6.07, 6.45) is 1.49. The first-order valence-electron chi connectivity index (χ1n) is 4.00. The number of hydrogen-bond donors (Lipinski definition) is 0. The minimum Gasteiger partial charge on any atom is -0.220 e. The molecule has 0 radical (unpaired) electrons. The van der Waals surface area contributed by atoms with Crippen LogP contribution in [-0.2, 0) is 0 Å². The molecule has 0 aliphatic rings. The fourth-order valence-electron chi connectivity index (χ4n) is 1.12. The highest BCUT2D eigenvalue weighted by atomic mass is 79.9. The summed E-state index contributed by atoms with van der Waals surface area (Å²) in [4.78, 5) is 3.93. The van der Waals surface area contributed by atoms with Gasteiger partial charge in [-0.1, -0.05) is 15.9 Å². The summed E-state index contributed by atoms with van der Waals surface area (Å²) in [5.74, 6) is 0.294. The summed E-state index contributed by atoms with van der Waals surface area (Å²) in [6.45, 7) is 1.76. The Kier molecular flexibility index (Phi) is 2.33. The van der Waals surface area contributed by atoms with E-state index in [-0.39, 0.29) is 5.82 Å². The van der Waals surface area contributed by atoms with E-state index < -0.39 is 0 Å². The fourth-order valence-corrected chi connectivity index (χ4v) is 1.47. The Hall–Kier alpha value is -1.23. The van der Waals surface area contributed by atoms with Crippen LogP contribution in [0.4, 0.5) is 4.39 Å². The van der Waals surface area contributed by atoms with Gasteiger partial charge in [-0.05, 0) is 25.1 Å². The van der Waals surface area contributed by atoms with E-state index in [0.717, 1.165) is 4.47 Å². The van der Waals surface area contributed by atoms with Crippen LogP contribution in [0.5, 0.6) is 0 Å². The summed E-state index contributed by atoms with van der Waals surface area (Å²) < 4.78 is 15.6. The van der Waals surface area contributed by atoms with Crippen LogP contribution in [0.15, 0.2) is 29.0 Å². The maximum atomic E-state index is 13.4. The van der Waals surface area contributed by atoms with Crippen LogP contribution in [0.25, 0.3) is 5.69 Å². The molecule has 0 bridgehead atoms. The molecule has 1 aromatic heterocycles. The van der Waals surface area contributed by atoms with Gasteiger partial charge in [0.25, 0.3) is 0 Å². The van der Waals surface area contributed by atoms with Crippen LogP contribution in [0.1, 0.15) is 5.82 Å². The fraction of sp³-hybridized carbons (Fsp3) is 0.111. The molecule has 3 nitrogen and oxygen atoms in total. The molecule has 5 heteroatoms. The molecule has 14 heavy (non-hydrogen) atoms. The molecule has 2 rings (SSSR count). The molecule has 0 atom stereocenters. The maximum Gasteiger partial charge on any atom is 0.149 e. The monoisotopic (exact) mass is 255 g/mol. The van der Waals surface area contributed by atoms with Crippen LogP contribution >= 0.6 is 15.9 Å². The highest BCUT2D eigenvalue weighted by Crippen LogP contribution is 2.18. The highest BCUT2D eigenvalue weighted by molar-refractivity contribution is 9.10. The molecule has 0 saturated carbocycles. The molecule has 1 heterocycles. The standard InChI is InChI=1S/C9H7BrFN3/c1-6-12-5-14(13-6)9-4-7(10)2-3-8(9)11/h2-5H,1H3. The smallest absolute Gasteiger partial charge is 0.149 e. The van der Waals surface area contributed by atoms with Crippen molar-refractivity contribution in [3.05, 3.63) is 40.6 Å². The van der Waals surface area contributed by atoms with Gasteiger partial charge in [0.2, 0.25) is 0 Å². The van der Waals surface area contributed by atoms with Crippen LogP contribution in [0.2, 0.25) is 0 Å². The molecular formula is C9H7BrFN3. The van der Waals surface area contributed by atoms with Crippen LogP contribution in [0, 0.1) is 12.7 Å². The van der Waals surface area contributed by atoms with E-state index in [4.69, 9.17) is 0 Å². The molecular weight excluding hydrogens is 249 g/mol. The van der Waals surface area contributed by atoms with Crippen molar-refractivity contribution in [2.75, 3.05) is 0 Å². The van der Waals surface area contributed by atoms with Gasteiger partial charge in [0.15, 0.2) is 0 Å². The van der Waals surface area contributed by atoms with E-state index in [1.807, 2.05) is 0 Å². The molecule has 0 amide bonds. The van der Waals surface area contributed by atoms with Gasteiger partial charge in [0.1, 0.15) is 23.7 Å². The number of benzene rings is 1. The number of rotatable bonds is 1. The average Bonchev–Trinajstić information content (AvgIpc) is 2.56. The molecule has 0 aliphatic carbocycles. The second kappa shape index (κ2) is 3.49. The quantitative estimate of drug-likeness (QED) is 0.784. The first-order chi connectivity index (χ1) is 6.66. The van der Waals surface area contributed by atoms with Gasteiger partial charge < -0.3 is 0 Å². The van der Waals surface area contributed by atoms with Crippen molar-refractivity contribution in [1.82, 2.24) is 14.8 Å². The van der Waals surface area contributed by atoms with Gasteiger partial charge in [0.05, 0.1) is 0 Å². The zero-order valence-corrected chi connectivity index (χ0v) is 8.99. The first-order valence-corrected chi connectivity index (χ1v) is 4.80. The van der Waals surface area contributed by atoms with Crippen LogP contribution in [0.3, 0.4) is 0 Å². The number of aryl methyl sites for hydroxylation is 1. The molecule has 72 valence electrons. The Bertz CT molecular complexity index is 467. The van der Waals surface area contributed by atoms with Crippen molar-refractivity contribution < 1.29 is 4.39 Å². The van der Waals surface area contributed by atoms with Gasteiger partial charge in [-0.25, -0.2) is 14.1 Å². The van der Waals surface area contributed by atoms with Crippen molar-refractivity contribution in [2.45, 2.75) is 6.92 Å². The Morgan fingerprint density at radius 1 is 1.43 bits per heavy atom. The third-order valence-corrected chi connectivity index (χ3v) is 2.25. The van der Waals surface area contributed by atoms with Gasteiger partial charge in [0, 0.05) is 4.47 Å². The van der Waals surface area contributed by atoms with E-state index in [1.165, 1.54) is 17.1 Å². The number of aromatic nitrogens is 3. The van der Waals surface area contributed by atoms with Gasteiger partial charge in [-0.3, -0.25) is 0 Å². The molecule has 1 aromatic carbocycles. The second-order valence-corrected chi connectivity index (χ2v) is 3.75. The molecule has 0 unspecified atom stereocenters. The average molecular weight is 256 g/mol. The third kappa shape index (κ3) is 1.68. The van der Waals surface area contributed by atoms with Crippen molar-refractivity contribution in [1.29, 1.82) is 0 Å². The predicted molar refractivity (Wildman–Crippen MR) is 53.8 cm³/mol. The van der Waals surface area contributed by atoms with E-state index in [1.54, 1.807) is 19.1 Å². The molecule has 0 N–H and O–H groups in total. The molecule has 0 spiro atoms. The maximum absolute atomic E-state index is 13.4. The minimum absolute atomic E-state index is 0.321. The van der Waals surface area contributed by atoms with E-state index in [2.05, 4.69) is 26.0 Å². The topological polar surface area (TPSA) is 30.7 Å². The van der Waals surface area contributed by atoms with Crippen LogP contribution < -0.4 is 0 Å². The van der Waals surface area contributed by atoms with Gasteiger partial charge in [-0.2, -0.15) is 5.10 Å². The van der Waals surface area contributed by atoms with Gasteiger partial charge in [-0.15, -0.1) is 0 Å². The number of hydrogen-bond acceptors (Lipinski definition) is 2. The predicted octanol–water partition coefficient (Wildman–Crippen LogP) is 2.48. The summed E-state index contributed by atoms with van der Waals surface area (Å²) in [6, 6.07) is 4.68. The lowest BCUT2D eigenvalue weighted by molar-refractivity contribution is 0.610. The Morgan fingerprint density at radius 3 is 2.86 bits per heavy atom. The van der Waals surface area contributed by atoms with Crippen molar-refractivity contribution in [3.63, 3.8) is 0 Å². The summed E-state index contributed by atoms with van der Waals surface area (Å²) in [5, 5.41) is 4.03. The van der Waals surface area contributed by atoms with Crippen molar-refractivity contribution >= 4 is 15.9 Å². The van der Waals surface area contributed by atoms with E-state index in [9.17, 15) is 4.39 Å². The molecule has 0 saturated heterocycles. The molecule has 0 aliphatic heterocycles. The van der Waals surface area contributed by atoms with Crippen molar-refractivity contribution in [3.8, 4) is 5.69 Å². The third-order valence-electron chi connectivity index (χ3n) is 1.76. The number of halogens is 2. The van der Waals surface area contributed by atoms with Crippen LogP contribution in [-0.4, -0.2) is 14.8 Å². The zero-order chi connectivity index (χ0) is 10.1. The Balaban J connectivity index is 2.55. The Morgan fingerprint density at radius 2 is 2.21 bits per heavy atom. The normalized spacial score (nSPS) is 10.5. The lowest BCUT2D eigenvalue weighted by atomic mass is 10.3. The van der Waals surface area contributed by atoms with Gasteiger partial charge >= 0.3 is 0 Å². The minimum atomic E-state index is -0.321. The highest BCUT2D eigenvalue weighted by Gasteiger charge is 2.06. The largest absolute Gasteiger partial charge is 0.220 e. The second-order valence-electron chi connectivity index (χ2n) is 2.83. The SMILES string of the molecule is Cc1ncn(-c2cc(Br)ccc2F)n1. The summed E-state index contributed by atoms with van der Waals surface area (Å²) in [5.41, 5.74) is 0.389. The summed E-state index contributed by atoms with van der Waals surface area (Å²) >= 11 is 3.27. The molecule has 0 fully saturated rings. The van der Waals surface area contributed by atoms with Crippen molar-refractivity contribution in [2.24, 2.45) is 0 Å². The summed E-state index contributed by atoms with van der Waals surface area (Å²) in [7, 11) is 0. The lowest BCUT2D eigenvalue weighted by Gasteiger charge is -2.02. The number of nitrogens with zero attached hydrogens (tertiary/aromatic N) is 3. The van der Waals surface area contributed by atoms with E-state index in [0.29, 0.717) is 11.5 Å². The molecule has 2 aromatic rings. The zero-order valence-electron chi connectivity index (χ0n) is 7.41. The van der Waals surface area contributed by atoms with E-state index >= 15 is 0 Å². The lowest BCUT2D eigenvalue weighted by Crippen LogP contribution is -1.98. The Labute approximate surface area is 88.7 Å².